The molecule has 1 saturated heterocycles. The van der Waals surface area contributed by atoms with Crippen molar-refractivity contribution in [2.24, 2.45) is 0 Å². The molecule has 0 radical (unpaired) electrons. The minimum atomic E-state index is -0.638. The van der Waals surface area contributed by atoms with Crippen molar-refractivity contribution in [3.8, 4) is 11.4 Å². The first-order chi connectivity index (χ1) is 15.5. The van der Waals surface area contributed by atoms with Gasteiger partial charge < -0.3 is 19.9 Å². The average molecular weight is 430 g/mol. The Bertz CT molecular complexity index is 1200. The molecule has 0 bridgehead atoms. The fourth-order valence-corrected chi connectivity index (χ4v) is 3.48. The van der Waals surface area contributed by atoms with Gasteiger partial charge >= 0.3 is 6.03 Å². The molecule has 4 rings (SSSR count). The van der Waals surface area contributed by atoms with Crippen LogP contribution in [-0.4, -0.2) is 41.0 Å². The molecule has 8 nitrogen and oxygen atoms in total. The van der Waals surface area contributed by atoms with Crippen LogP contribution in [0, 0.1) is 6.92 Å². The highest BCUT2D eigenvalue weighted by molar-refractivity contribution is 6.15. The van der Waals surface area contributed by atoms with Crippen LogP contribution in [0.25, 0.3) is 11.8 Å². The third-order valence-corrected chi connectivity index (χ3v) is 5.05. The highest BCUT2D eigenvalue weighted by atomic mass is 16.5. The summed E-state index contributed by atoms with van der Waals surface area (Å²) in [6, 6.07) is 19.6. The third kappa shape index (κ3) is 4.24. The van der Waals surface area contributed by atoms with Crippen molar-refractivity contribution in [1.82, 2.24) is 14.8 Å². The van der Waals surface area contributed by atoms with Crippen molar-refractivity contribution in [2.75, 3.05) is 19.0 Å². The van der Waals surface area contributed by atoms with Gasteiger partial charge in [-0.25, -0.2) is 9.69 Å². The van der Waals surface area contributed by atoms with E-state index in [-0.39, 0.29) is 5.70 Å². The first-order valence-corrected chi connectivity index (χ1v) is 9.98. The number of rotatable bonds is 6. The van der Waals surface area contributed by atoms with E-state index in [1.165, 1.54) is 0 Å². The molecule has 2 N–H and O–H groups in total. The van der Waals surface area contributed by atoms with Crippen LogP contribution < -0.4 is 15.4 Å². The molecule has 2 aromatic carbocycles. The molecule has 1 aliphatic rings. The molecule has 0 aliphatic carbocycles. The predicted octanol–water partition coefficient (Wildman–Crippen LogP) is 3.33. The fourth-order valence-electron chi connectivity index (χ4n) is 3.48. The highest BCUT2D eigenvalue weighted by Crippen LogP contribution is 2.21. The predicted molar refractivity (Wildman–Crippen MR) is 120 cm³/mol. The number of aromatic nitrogens is 1. The smallest absolute Gasteiger partial charge is 0.329 e. The Balaban J connectivity index is 1.50. The molecule has 3 aromatic rings. The molecule has 0 spiro atoms. The Morgan fingerprint density at radius 1 is 1.03 bits per heavy atom. The number of hydrogen-bond donors (Lipinski definition) is 2. The van der Waals surface area contributed by atoms with Gasteiger partial charge in [0.15, 0.2) is 0 Å². The highest BCUT2D eigenvalue weighted by Gasteiger charge is 2.35. The number of urea groups is 1. The van der Waals surface area contributed by atoms with Gasteiger partial charge in [-0.3, -0.25) is 9.59 Å². The lowest BCUT2D eigenvalue weighted by Crippen LogP contribution is -2.38. The van der Waals surface area contributed by atoms with E-state index >= 15 is 0 Å². The van der Waals surface area contributed by atoms with E-state index in [1.807, 2.05) is 54.0 Å². The van der Waals surface area contributed by atoms with Crippen LogP contribution in [0.4, 0.5) is 10.5 Å². The number of anilines is 1. The quantitative estimate of drug-likeness (QED) is 0.464. The summed E-state index contributed by atoms with van der Waals surface area (Å²) in [6.45, 7) is 1.56. The number of nitrogens with zero attached hydrogens (tertiary/aromatic N) is 2. The van der Waals surface area contributed by atoms with Gasteiger partial charge in [0.1, 0.15) is 18.0 Å². The van der Waals surface area contributed by atoms with Crippen molar-refractivity contribution in [3.05, 3.63) is 83.8 Å². The molecule has 0 saturated carbocycles. The summed E-state index contributed by atoms with van der Waals surface area (Å²) in [6.07, 6.45) is 1.61. The van der Waals surface area contributed by atoms with E-state index in [2.05, 4.69) is 10.6 Å². The second-order valence-corrected chi connectivity index (χ2v) is 7.23. The molecule has 4 amide bonds. The van der Waals surface area contributed by atoms with Gasteiger partial charge in [-0.1, -0.05) is 18.2 Å². The number of imide groups is 1. The Morgan fingerprint density at radius 2 is 1.75 bits per heavy atom. The van der Waals surface area contributed by atoms with E-state index in [4.69, 9.17) is 4.74 Å². The normalized spacial score (nSPS) is 14.6. The molecule has 0 unspecified atom stereocenters. The van der Waals surface area contributed by atoms with Gasteiger partial charge in [-0.05, 0) is 61.5 Å². The molecule has 1 aliphatic heterocycles. The van der Waals surface area contributed by atoms with Crippen LogP contribution in [0.3, 0.4) is 0 Å². The molecule has 2 heterocycles. The van der Waals surface area contributed by atoms with Gasteiger partial charge in [0, 0.05) is 22.8 Å². The number of benzene rings is 2. The van der Waals surface area contributed by atoms with E-state index in [1.54, 1.807) is 37.5 Å². The van der Waals surface area contributed by atoms with Gasteiger partial charge in [-0.15, -0.1) is 0 Å². The van der Waals surface area contributed by atoms with Crippen molar-refractivity contribution in [2.45, 2.75) is 6.92 Å². The average Bonchev–Trinajstić information content (AvgIpc) is 3.29. The summed E-state index contributed by atoms with van der Waals surface area (Å²) in [5.74, 6) is -0.385. The lowest BCUT2D eigenvalue weighted by molar-refractivity contribution is -0.127. The number of nitrogens with one attached hydrogen (secondary N) is 2. The summed E-state index contributed by atoms with van der Waals surface area (Å²) in [5.41, 5.74) is 3.31. The number of amides is 4. The standard InChI is InChI=1S/C24H22N4O4/c1-16-8-11-19(28(16)18-6-4-3-5-7-18)14-21-23(30)27(24(31)26-21)15-22(29)25-17-9-12-20(32-2)13-10-17/h3-14H,15H2,1-2H3,(H,25,29)(H,26,31)/b21-14-. The monoisotopic (exact) mass is 430 g/mol. The second kappa shape index (κ2) is 8.81. The summed E-state index contributed by atoms with van der Waals surface area (Å²) in [5, 5.41) is 5.23. The molecule has 1 aromatic heterocycles. The zero-order valence-corrected chi connectivity index (χ0v) is 17.7. The van der Waals surface area contributed by atoms with Gasteiger partial charge in [0.05, 0.1) is 7.11 Å². The van der Waals surface area contributed by atoms with Crippen molar-refractivity contribution >= 4 is 29.6 Å². The van der Waals surface area contributed by atoms with Crippen LogP contribution in [0.2, 0.25) is 0 Å². The molecule has 8 heteroatoms. The van der Waals surface area contributed by atoms with Crippen molar-refractivity contribution in [1.29, 1.82) is 0 Å². The van der Waals surface area contributed by atoms with Crippen LogP contribution in [-0.2, 0) is 9.59 Å². The Kier molecular flexibility index (Phi) is 5.76. The van der Waals surface area contributed by atoms with Crippen molar-refractivity contribution < 1.29 is 19.1 Å². The zero-order chi connectivity index (χ0) is 22.7. The van der Waals surface area contributed by atoms with Crippen LogP contribution in [0.5, 0.6) is 5.75 Å². The first-order valence-electron chi connectivity index (χ1n) is 9.98. The summed E-state index contributed by atoms with van der Waals surface area (Å²) >= 11 is 0. The molecule has 0 atom stereocenters. The maximum Gasteiger partial charge on any atom is 0.329 e. The largest absolute Gasteiger partial charge is 0.497 e. The van der Waals surface area contributed by atoms with E-state index in [9.17, 15) is 14.4 Å². The number of methoxy groups -OCH3 is 1. The SMILES string of the molecule is COc1ccc(NC(=O)CN2C(=O)N/C(=C\c3ccc(C)n3-c3ccccc3)C2=O)cc1. The first kappa shape index (κ1) is 20.9. The van der Waals surface area contributed by atoms with Gasteiger partial charge in [-0.2, -0.15) is 0 Å². The van der Waals surface area contributed by atoms with Crippen LogP contribution in [0.1, 0.15) is 11.4 Å². The number of carbonyl (C=O) groups is 3. The number of para-hydroxylation sites is 1. The van der Waals surface area contributed by atoms with Gasteiger partial charge in [0.2, 0.25) is 5.91 Å². The Morgan fingerprint density at radius 3 is 2.44 bits per heavy atom. The summed E-state index contributed by atoms with van der Waals surface area (Å²) in [4.78, 5) is 38.4. The third-order valence-electron chi connectivity index (χ3n) is 5.05. The topological polar surface area (TPSA) is 92.7 Å². The maximum absolute atomic E-state index is 12.8. The second-order valence-electron chi connectivity index (χ2n) is 7.23. The Labute approximate surface area is 185 Å². The lowest BCUT2D eigenvalue weighted by atomic mass is 10.2. The number of carbonyl (C=O) groups excluding carboxylic acids is 3. The molecule has 162 valence electrons. The number of aryl methyl sites for hydroxylation is 1. The molecular formula is C24H22N4O4. The summed E-state index contributed by atoms with van der Waals surface area (Å²) in [7, 11) is 1.55. The van der Waals surface area contributed by atoms with Crippen LogP contribution in [0.15, 0.2) is 72.4 Å². The number of hydrogen-bond acceptors (Lipinski definition) is 4. The van der Waals surface area contributed by atoms with E-state index < -0.39 is 24.4 Å². The minimum absolute atomic E-state index is 0.113. The van der Waals surface area contributed by atoms with Crippen molar-refractivity contribution in [3.63, 3.8) is 0 Å². The van der Waals surface area contributed by atoms with Gasteiger partial charge in [0.25, 0.3) is 5.91 Å². The number of ether oxygens (including phenoxy) is 1. The molecular weight excluding hydrogens is 408 g/mol. The minimum Gasteiger partial charge on any atom is -0.497 e. The van der Waals surface area contributed by atoms with E-state index in [0.29, 0.717) is 11.4 Å². The Hall–Kier alpha value is -4.33. The maximum atomic E-state index is 12.8. The van der Waals surface area contributed by atoms with Crippen LogP contribution >= 0.6 is 0 Å². The molecule has 32 heavy (non-hydrogen) atoms. The lowest BCUT2D eigenvalue weighted by Gasteiger charge is -2.12. The molecule has 1 fully saturated rings. The van der Waals surface area contributed by atoms with E-state index in [0.717, 1.165) is 22.0 Å². The fraction of sp³-hybridized carbons (Fsp3) is 0.125. The summed E-state index contributed by atoms with van der Waals surface area (Å²) < 4.78 is 7.06. The zero-order valence-electron chi connectivity index (χ0n) is 17.7.